The molecule has 0 spiro atoms. The van der Waals surface area contributed by atoms with Crippen LogP contribution in [0.5, 0.6) is 0 Å². The van der Waals surface area contributed by atoms with Gasteiger partial charge in [0.1, 0.15) is 0 Å². The molecule has 1 N–H and O–H groups in total. The second kappa shape index (κ2) is 7.14. The summed E-state index contributed by atoms with van der Waals surface area (Å²) in [6.07, 6.45) is 12.7. The van der Waals surface area contributed by atoms with E-state index in [1.54, 1.807) is 11.1 Å². The number of aryl methyl sites for hydroxylation is 1. The molecule has 1 aliphatic carbocycles. The van der Waals surface area contributed by atoms with E-state index in [0.717, 1.165) is 12.5 Å². The van der Waals surface area contributed by atoms with Gasteiger partial charge in [0.15, 0.2) is 0 Å². The van der Waals surface area contributed by atoms with Crippen molar-refractivity contribution in [3.05, 3.63) is 23.5 Å². The zero-order valence-corrected chi connectivity index (χ0v) is 12.9. The normalized spacial score (nSPS) is 19.5. The van der Waals surface area contributed by atoms with Crippen molar-refractivity contribution in [3.63, 3.8) is 0 Å². The summed E-state index contributed by atoms with van der Waals surface area (Å²) in [4.78, 5) is 0. The maximum Gasteiger partial charge on any atom is 0.0337 e. The van der Waals surface area contributed by atoms with Gasteiger partial charge >= 0.3 is 0 Å². The topological polar surface area (TPSA) is 17.0 Å². The number of rotatable bonds is 6. The average Bonchev–Trinajstić information content (AvgIpc) is 2.73. The minimum Gasteiger partial charge on any atom is -0.353 e. The van der Waals surface area contributed by atoms with Crippen LogP contribution in [-0.4, -0.2) is 11.1 Å². The first-order valence-corrected chi connectivity index (χ1v) is 8.20. The van der Waals surface area contributed by atoms with Gasteiger partial charge in [-0.3, -0.25) is 0 Å². The molecule has 0 saturated carbocycles. The third-order valence-electron chi connectivity index (χ3n) is 4.64. The fraction of sp³-hybridized carbons (Fsp3) is 0.765. The predicted octanol–water partition coefficient (Wildman–Crippen LogP) is 4.30. The molecule has 1 aliphatic rings. The van der Waals surface area contributed by atoms with E-state index in [1.165, 1.54) is 45.1 Å². The first kappa shape index (κ1) is 14.6. The third-order valence-corrected chi connectivity index (χ3v) is 4.64. The van der Waals surface area contributed by atoms with Crippen LogP contribution in [0.4, 0.5) is 0 Å². The van der Waals surface area contributed by atoms with Gasteiger partial charge in [-0.25, -0.2) is 0 Å². The number of nitrogens with zero attached hydrogens (tertiary/aromatic N) is 1. The second-order valence-corrected chi connectivity index (χ2v) is 5.97. The average molecular weight is 262 g/mol. The number of fused-ring (bicyclic) bond motifs is 1. The van der Waals surface area contributed by atoms with Gasteiger partial charge in [-0.15, -0.1) is 0 Å². The van der Waals surface area contributed by atoms with Crippen LogP contribution >= 0.6 is 0 Å². The monoisotopic (exact) mass is 262 g/mol. The number of nitrogens with one attached hydrogen (secondary N) is 1. The Morgan fingerprint density at radius 1 is 1.21 bits per heavy atom. The lowest BCUT2D eigenvalue weighted by Crippen LogP contribution is -2.20. The van der Waals surface area contributed by atoms with E-state index in [-0.39, 0.29) is 0 Å². The van der Waals surface area contributed by atoms with E-state index < -0.39 is 0 Å². The molecule has 1 aromatic heterocycles. The molecule has 0 aliphatic heterocycles. The Morgan fingerprint density at radius 2 is 2.00 bits per heavy atom. The minimum absolute atomic E-state index is 0.588. The van der Waals surface area contributed by atoms with Crippen molar-refractivity contribution in [2.75, 3.05) is 6.54 Å². The fourth-order valence-corrected chi connectivity index (χ4v) is 3.32. The Kier molecular flexibility index (Phi) is 5.50. The lowest BCUT2D eigenvalue weighted by atomic mass is 10.0. The summed E-state index contributed by atoms with van der Waals surface area (Å²) in [6.45, 7) is 9.10. The number of aromatic nitrogens is 1. The van der Waals surface area contributed by atoms with Crippen molar-refractivity contribution in [1.82, 2.24) is 9.88 Å². The standard InChI is InChI=1S/C17H30N2/c1-4-14(5-2)11-19-12-15-9-7-8-10-17(18-6-3)16(15)13-19/h12-14,17-18H,4-11H2,1-3H3. The van der Waals surface area contributed by atoms with Gasteiger partial charge in [-0.1, -0.05) is 40.0 Å². The molecular weight excluding hydrogens is 232 g/mol. The summed E-state index contributed by atoms with van der Waals surface area (Å²) in [5, 5.41) is 3.66. The maximum absolute atomic E-state index is 3.66. The van der Waals surface area contributed by atoms with Crippen molar-refractivity contribution in [2.45, 2.75) is 71.9 Å². The molecular formula is C17H30N2. The third kappa shape index (κ3) is 3.62. The molecule has 2 nitrogen and oxygen atoms in total. The van der Waals surface area contributed by atoms with Gasteiger partial charge in [0.2, 0.25) is 0 Å². The molecule has 2 heteroatoms. The molecule has 1 aromatic rings. The van der Waals surface area contributed by atoms with E-state index in [1.807, 2.05) is 0 Å². The Hall–Kier alpha value is -0.760. The summed E-state index contributed by atoms with van der Waals surface area (Å²) < 4.78 is 2.46. The van der Waals surface area contributed by atoms with E-state index in [4.69, 9.17) is 0 Å². The zero-order chi connectivity index (χ0) is 13.7. The molecule has 0 amide bonds. The summed E-state index contributed by atoms with van der Waals surface area (Å²) in [6, 6.07) is 0.588. The van der Waals surface area contributed by atoms with Crippen LogP contribution in [0, 0.1) is 5.92 Å². The van der Waals surface area contributed by atoms with Crippen LogP contribution in [0.25, 0.3) is 0 Å². The lowest BCUT2D eigenvalue weighted by molar-refractivity contribution is 0.417. The largest absolute Gasteiger partial charge is 0.353 e. The minimum atomic E-state index is 0.588. The molecule has 19 heavy (non-hydrogen) atoms. The maximum atomic E-state index is 3.66. The lowest BCUT2D eigenvalue weighted by Gasteiger charge is -2.16. The highest BCUT2D eigenvalue weighted by atomic mass is 15.0. The van der Waals surface area contributed by atoms with Gasteiger partial charge < -0.3 is 9.88 Å². The Morgan fingerprint density at radius 3 is 2.68 bits per heavy atom. The quantitative estimate of drug-likeness (QED) is 0.756. The molecule has 0 radical (unpaired) electrons. The molecule has 1 heterocycles. The molecule has 1 unspecified atom stereocenters. The molecule has 108 valence electrons. The molecule has 0 bridgehead atoms. The highest BCUT2D eigenvalue weighted by Crippen LogP contribution is 2.30. The van der Waals surface area contributed by atoms with Gasteiger partial charge in [0.05, 0.1) is 0 Å². The van der Waals surface area contributed by atoms with Gasteiger partial charge in [-0.2, -0.15) is 0 Å². The number of hydrogen-bond acceptors (Lipinski definition) is 1. The van der Waals surface area contributed by atoms with Crippen molar-refractivity contribution in [2.24, 2.45) is 5.92 Å². The van der Waals surface area contributed by atoms with E-state index >= 15 is 0 Å². The van der Waals surface area contributed by atoms with Gasteiger partial charge in [0.25, 0.3) is 0 Å². The van der Waals surface area contributed by atoms with Crippen LogP contribution in [0.15, 0.2) is 12.4 Å². The Labute approximate surface area is 118 Å². The zero-order valence-electron chi connectivity index (χ0n) is 12.9. The van der Waals surface area contributed by atoms with E-state index in [9.17, 15) is 0 Å². The highest BCUT2D eigenvalue weighted by Gasteiger charge is 2.20. The Balaban J connectivity index is 2.15. The predicted molar refractivity (Wildman–Crippen MR) is 82.5 cm³/mol. The van der Waals surface area contributed by atoms with Crippen molar-refractivity contribution >= 4 is 0 Å². The molecule has 0 fully saturated rings. The van der Waals surface area contributed by atoms with Crippen LogP contribution in [0.1, 0.15) is 70.0 Å². The highest BCUT2D eigenvalue weighted by molar-refractivity contribution is 5.29. The fourth-order valence-electron chi connectivity index (χ4n) is 3.32. The van der Waals surface area contributed by atoms with Gasteiger partial charge in [-0.05, 0) is 42.9 Å². The van der Waals surface area contributed by atoms with Crippen LogP contribution < -0.4 is 5.32 Å². The molecule has 0 aromatic carbocycles. The second-order valence-electron chi connectivity index (χ2n) is 5.97. The van der Waals surface area contributed by atoms with Gasteiger partial charge in [0, 0.05) is 25.0 Å². The van der Waals surface area contributed by atoms with Crippen LogP contribution in [0.2, 0.25) is 0 Å². The number of hydrogen-bond donors (Lipinski definition) is 1. The first-order valence-electron chi connectivity index (χ1n) is 8.20. The van der Waals surface area contributed by atoms with E-state index in [2.05, 4.69) is 43.0 Å². The first-order chi connectivity index (χ1) is 9.28. The van der Waals surface area contributed by atoms with Crippen molar-refractivity contribution in [1.29, 1.82) is 0 Å². The van der Waals surface area contributed by atoms with Crippen molar-refractivity contribution in [3.8, 4) is 0 Å². The van der Waals surface area contributed by atoms with Crippen molar-refractivity contribution < 1.29 is 0 Å². The van der Waals surface area contributed by atoms with E-state index in [0.29, 0.717) is 6.04 Å². The van der Waals surface area contributed by atoms with Crippen LogP contribution in [0.3, 0.4) is 0 Å². The summed E-state index contributed by atoms with van der Waals surface area (Å²) in [5.41, 5.74) is 3.17. The Bertz CT molecular complexity index is 377. The summed E-state index contributed by atoms with van der Waals surface area (Å²) in [5.74, 6) is 0.827. The SMILES string of the molecule is CCNC1CCCCc2cn(CC(CC)CC)cc21. The molecule has 1 atom stereocenters. The smallest absolute Gasteiger partial charge is 0.0337 e. The summed E-state index contributed by atoms with van der Waals surface area (Å²) in [7, 11) is 0. The summed E-state index contributed by atoms with van der Waals surface area (Å²) >= 11 is 0. The molecule has 0 saturated heterocycles. The van der Waals surface area contributed by atoms with Crippen LogP contribution in [-0.2, 0) is 13.0 Å². The molecule has 2 rings (SSSR count).